The molecule has 0 saturated carbocycles. The van der Waals surface area contributed by atoms with Crippen LogP contribution in [0.4, 0.5) is 0 Å². The molecule has 0 radical (unpaired) electrons. The minimum atomic E-state index is -0.664. The lowest BCUT2D eigenvalue weighted by Crippen LogP contribution is -2.50. The van der Waals surface area contributed by atoms with Crippen molar-refractivity contribution in [2.75, 3.05) is 32.8 Å². The summed E-state index contributed by atoms with van der Waals surface area (Å²) in [7, 11) is 0. The lowest BCUT2D eigenvalue weighted by atomic mass is 9.86. The maximum atomic E-state index is 13.2. The predicted octanol–water partition coefficient (Wildman–Crippen LogP) is 1.84. The van der Waals surface area contributed by atoms with Crippen molar-refractivity contribution in [2.45, 2.75) is 50.2 Å². The molecule has 0 aromatic carbocycles. The number of carbonyl (C=O) groups is 2. The number of nitrogens with zero attached hydrogens (tertiary/aromatic N) is 2. The van der Waals surface area contributed by atoms with Gasteiger partial charge in [-0.3, -0.25) is 14.6 Å². The molecule has 2 fully saturated rings. The van der Waals surface area contributed by atoms with Crippen LogP contribution in [0, 0.1) is 0 Å². The summed E-state index contributed by atoms with van der Waals surface area (Å²) in [6.45, 7) is 5.59. The van der Waals surface area contributed by atoms with Gasteiger partial charge in [0.05, 0.1) is 11.5 Å². The topological polar surface area (TPSA) is 83.0 Å². The van der Waals surface area contributed by atoms with Gasteiger partial charge in [0.2, 0.25) is 0 Å². The maximum Gasteiger partial charge on any atom is 0.263 e. The average Bonchev–Trinajstić information content (AvgIpc) is 3.25. The number of piperidine rings is 2. The Bertz CT molecular complexity index is 854. The number of amides is 2. The molecule has 4 aliphatic heterocycles. The number of amidine groups is 1. The van der Waals surface area contributed by atoms with Crippen LogP contribution in [0.1, 0.15) is 52.7 Å². The van der Waals surface area contributed by atoms with Crippen LogP contribution in [0.3, 0.4) is 0 Å². The SMILES string of the molecule is CC1=NC2(CCN(C(=O)c3cc4c(s3)C3(CCNCC3)OCC4)CC2)C(=O)N1.Cl. The Balaban J connectivity index is 0.00000205. The lowest BCUT2D eigenvalue weighted by molar-refractivity contribution is -0.125. The molecular weight excluding hydrogens is 412 g/mol. The number of halogens is 1. The van der Waals surface area contributed by atoms with Crippen molar-refractivity contribution in [3.05, 3.63) is 21.4 Å². The minimum absolute atomic E-state index is 0. The smallest absolute Gasteiger partial charge is 0.263 e. The number of hydrogen-bond donors (Lipinski definition) is 2. The molecule has 2 saturated heterocycles. The highest BCUT2D eigenvalue weighted by molar-refractivity contribution is 7.14. The second-order valence-corrected chi connectivity index (χ2v) is 9.34. The van der Waals surface area contributed by atoms with E-state index in [9.17, 15) is 9.59 Å². The van der Waals surface area contributed by atoms with Crippen molar-refractivity contribution in [3.63, 3.8) is 0 Å². The molecular formula is C20H27ClN4O3S. The first-order valence-electron chi connectivity index (χ1n) is 10.2. The largest absolute Gasteiger partial charge is 0.369 e. The Morgan fingerprint density at radius 3 is 2.62 bits per heavy atom. The van der Waals surface area contributed by atoms with Gasteiger partial charge >= 0.3 is 0 Å². The van der Waals surface area contributed by atoms with Gasteiger partial charge in [0, 0.05) is 18.0 Å². The Hall–Kier alpha value is -1.48. The normalized spacial score (nSPS) is 24.7. The number of ether oxygens (including phenoxy) is 1. The third kappa shape index (κ3) is 3.40. The molecule has 2 spiro atoms. The summed E-state index contributed by atoms with van der Waals surface area (Å²) in [6.07, 6.45) is 3.99. The zero-order chi connectivity index (χ0) is 19.4. The van der Waals surface area contributed by atoms with Crippen molar-refractivity contribution < 1.29 is 14.3 Å². The second-order valence-electron chi connectivity index (χ2n) is 8.28. The van der Waals surface area contributed by atoms with E-state index < -0.39 is 5.54 Å². The first-order valence-corrected chi connectivity index (χ1v) is 11.0. The minimum Gasteiger partial charge on any atom is -0.369 e. The summed E-state index contributed by atoms with van der Waals surface area (Å²) >= 11 is 1.62. The predicted molar refractivity (Wildman–Crippen MR) is 114 cm³/mol. The van der Waals surface area contributed by atoms with Crippen LogP contribution in [0.25, 0.3) is 0 Å². The quantitative estimate of drug-likeness (QED) is 0.700. The molecule has 2 amide bonds. The Morgan fingerprint density at radius 2 is 1.97 bits per heavy atom. The van der Waals surface area contributed by atoms with Crippen LogP contribution in [0.2, 0.25) is 0 Å². The molecule has 4 aliphatic rings. The number of fused-ring (bicyclic) bond motifs is 2. The highest BCUT2D eigenvalue weighted by Crippen LogP contribution is 2.44. The molecule has 5 rings (SSSR count). The van der Waals surface area contributed by atoms with E-state index in [4.69, 9.17) is 4.74 Å². The molecule has 158 valence electrons. The summed E-state index contributed by atoms with van der Waals surface area (Å²) in [5.74, 6) is 0.745. The summed E-state index contributed by atoms with van der Waals surface area (Å²) in [6, 6.07) is 2.09. The van der Waals surface area contributed by atoms with Crippen LogP contribution in [-0.2, 0) is 21.6 Å². The van der Waals surface area contributed by atoms with Gasteiger partial charge in [-0.15, -0.1) is 23.7 Å². The average molecular weight is 439 g/mol. The monoisotopic (exact) mass is 438 g/mol. The molecule has 9 heteroatoms. The van der Waals surface area contributed by atoms with E-state index in [1.165, 1.54) is 10.4 Å². The summed E-state index contributed by atoms with van der Waals surface area (Å²) in [5.41, 5.74) is 0.412. The molecule has 0 bridgehead atoms. The number of carbonyl (C=O) groups excluding carboxylic acids is 2. The number of likely N-dealkylation sites (tertiary alicyclic amines) is 1. The molecule has 1 aromatic heterocycles. The summed E-state index contributed by atoms with van der Waals surface area (Å²) in [5, 5.41) is 6.21. The maximum absolute atomic E-state index is 13.2. The lowest BCUT2D eigenvalue weighted by Gasteiger charge is -2.40. The van der Waals surface area contributed by atoms with Crippen molar-refractivity contribution in [1.82, 2.24) is 15.5 Å². The molecule has 0 aliphatic carbocycles. The molecule has 7 nitrogen and oxygen atoms in total. The van der Waals surface area contributed by atoms with Crippen LogP contribution >= 0.6 is 23.7 Å². The van der Waals surface area contributed by atoms with E-state index in [1.54, 1.807) is 11.3 Å². The van der Waals surface area contributed by atoms with Crippen LogP contribution in [-0.4, -0.2) is 60.9 Å². The number of aliphatic imine (C=N–C) groups is 1. The molecule has 1 aromatic rings. The number of nitrogens with one attached hydrogen (secondary N) is 2. The van der Waals surface area contributed by atoms with Gasteiger partial charge in [0.25, 0.3) is 11.8 Å². The first-order chi connectivity index (χ1) is 13.5. The van der Waals surface area contributed by atoms with E-state index in [2.05, 4.69) is 21.7 Å². The van der Waals surface area contributed by atoms with Crippen LogP contribution in [0.15, 0.2) is 11.1 Å². The highest BCUT2D eigenvalue weighted by atomic mass is 35.5. The third-order valence-corrected chi connectivity index (χ3v) is 7.92. The zero-order valence-corrected chi connectivity index (χ0v) is 18.2. The Labute approximate surface area is 180 Å². The first kappa shape index (κ1) is 20.8. The van der Waals surface area contributed by atoms with E-state index in [0.29, 0.717) is 31.8 Å². The fourth-order valence-corrected chi connectivity index (χ4v) is 6.36. The van der Waals surface area contributed by atoms with Crippen molar-refractivity contribution >= 4 is 41.4 Å². The van der Waals surface area contributed by atoms with Crippen molar-refractivity contribution in [3.8, 4) is 0 Å². The van der Waals surface area contributed by atoms with Crippen molar-refractivity contribution in [2.24, 2.45) is 4.99 Å². The fraction of sp³-hybridized carbons (Fsp3) is 0.650. The number of thiophene rings is 1. The molecule has 2 N–H and O–H groups in total. The van der Waals surface area contributed by atoms with Crippen LogP contribution in [0.5, 0.6) is 0 Å². The number of rotatable bonds is 1. The van der Waals surface area contributed by atoms with Gasteiger partial charge in [-0.05, 0) is 63.7 Å². The molecule has 5 heterocycles. The van der Waals surface area contributed by atoms with E-state index >= 15 is 0 Å². The Morgan fingerprint density at radius 1 is 1.24 bits per heavy atom. The Kier molecular flexibility index (Phi) is 5.48. The highest BCUT2D eigenvalue weighted by Gasteiger charge is 2.46. The molecule has 29 heavy (non-hydrogen) atoms. The van der Waals surface area contributed by atoms with Gasteiger partial charge < -0.3 is 20.3 Å². The second kappa shape index (κ2) is 7.65. The van der Waals surface area contributed by atoms with Crippen LogP contribution < -0.4 is 10.6 Å². The van der Waals surface area contributed by atoms with Crippen molar-refractivity contribution in [1.29, 1.82) is 0 Å². The zero-order valence-electron chi connectivity index (χ0n) is 16.6. The van der Waals surface area contributed by atoms with E-state index in [0.717, 1.165) is 43.8 Å². The molecule has 0 atom stereocenters. The van der Waals surface area contributed by atoms with Gasteiger partial charge in [-0.2, -0.15) is 0 Å². The third-order valence-electron chi connectivity index (χ3n) is 6.57. The summed E-state index contributed by atoms with van der Waals surface area (Å²) in [4.78, 5) is 33.9. The number of hydrogen-bond acceptors (Lipinski definition) is 6. The fourth-order valence-electron chi connectivity index (χ4n) is 4.98. The van der Waals surface area contributed by atoms with Gasteiger partial charge in [0.1, 0.15) is 17.0 Å². The van der Waals surface area contributed by atoms with E-state index in [-0.39, 0.29) is 29.8 Å². The van der Waals surface area contributed by atoms with Gasteiger partial charge in [-0.25, -0.2) is 0 Å². The van der Waals surface area contributed by atoms with Gasteiger partial charge in [0.15, 0.2) is 0 Å². The summed E-state index contributed by atoms with van der Waals surface area (Å²) < 4.78 is 6.24. The molecule has 0 unspecified atom stereocenters. The standard InChI is InChI=1S/C20H26N4O3S.ClH/c1-13-22-18(26)19(23-13)5-9-24(10-6-19)17(25)15-12-14-2-11-27-20(16(14)28-15)3-7-21-8-4-20;/h12,21H,2-11H2,1H3,(H,22,23,26);1H. The van der Waals surface area contributed by atoms with E-state index in [1.807, 2.05) is 11.8 Å². The van der Waals surface area contributed by atoms with Gasteiger partial charge in [-0.1, -0.05) is 0 Å².